The summed E-state index contributed by atoms with van der Waals surface area (Å²) in [5, 5.41) is 14.6. The van der Waals surface area contributed by atoms with Crippen LogP contribution in [0.2, 0.25) is 0 Å². The molecule has 6 nitrogen and oxygen atoms in total. The Kier molecular flexibility index (Phi) is 7.39. The second-order valence-electron chi connectivity index (χ2n) is 11.9. The second-order valence-corrected chi connectivity index (χ2v) is 11.9. The van der Waals surface area contributed by atoms with E-state index >= 15 is 0 Å². The molecule has 0 amide bonds. The summed E-state index contributed by atoms with van der Waals surface area (Å²) in [4.78, 5) is 12.0. The average Bonchev–Trinajstić information content (AvgIpc) is 3.49. The number of carbonyl (C=O) groups is 1. The van der Waals surface area contributed by atoms with E-state index in [0.29, 0.717) is 31.2 Å². The van der Waals surface area contributed by atoms with Crippen molar-refractivity contribution in [2.75, 3.05) is 6.61 Å². The van der Waals surface area contributed by atoms with E-state index in [0.717, 1.165) is 46.3 Å². The molecule has 2 heterocycles. The third kappa shape index (κ3) is 5.51. The summed E-state index contributed by atoms with van der Waals surface area (Å²) in [6.07, 6.45) is 5.85. The summed E-state index contributed by atoms with van der Waals surface area (Å²) in [6.45, 7) is 6.04. The van der Waals surface area contributed by atoms with E-state index in [1.54, 1.807) is 6.07 Å². The lowest BCUT2D eigenvalue weighted by Gasteiger charge is -2.24. The summed E-state index contributed by atoms with van der Waals surface area (Å²) in [5.74, 6) is 0.350. The quantitative estimate of drug-likeness (QED) is 0.245. The van der Waals surface area contributed by atoms with Crippen LogP contribution in [0.25, 0.3) is 22.2 Å². The van der Waals surface area contributed by atoms with Gasteiger partial charge in [0.2, 0.25) is 0 Å². The molecule has 4 aromatic rings. The standard InChI is InChI=1S/C34H38N2O4/c1-34(2)22-40-30(35-34)20-36-29-19-26(33(37)38)15-18-28(29)31(24-11-7-4-8-12-24)32(36)25-13-16-27(17-14-25)39-21-23-9-5-3-6-10-23/h3,5-6,9-10,13-19,24,30,35H,4,7-8,11-12,20-22H2,1-2H3,(H,37,38). The number of fused-ring (bicyclic) bond motifs is 1. The summed E-state index contributed by atoms with van der Waals surface area (Å²) in [6, 6.07) is 24.2. The van der Waals surface area contributed by atoms with Crippen molar-refractivity contribution in [2.24, 2.45) is 0 Å². The van der Waals surface area contributed by atoms with Gasteiger partial charge in [0, 0.05) is 16.4 Å². The minimum atomic E-state index is -0.910. The molecule has 0 spiro atoms. The Labute approximate surface area is 235 Å². The first-order chi connectivity index (χ1) is 19.4. The molecule has 3 aromatic carbocycles. The molecule has 1 saturated carbocycles. The molecule has 2 N–H and O–H groups in total. The lowest BCUT2D eigenvalue weighted by Crippen LogP contribution is -2.40. The molecule has 1 aliphatic carbocycles. The van der Waals surface area contributed by atoms with Crippen molar-refractivity contribution in [3.8, 4) is 17.0 Å². The van der Waals surface area contributed by atoms with Crippen LogP contribution in [0.3, 0.4) is 0 Å². The van der Waals surface area contributed by atoms with Gasteiger partial charge in [0.15, 0.2) is 0 Å². The predicted octanol–water partition coefficient (Wildman–Crippen LogP) is 7.36. The minimum absolute atomic E-state index is 0.107. The van der Waals surface area contributed by atoms with Crippen LogP contribution in [-0.4, -0.2) is 34.0 Å². The van der Waals surface area contributed by atoms with Crippen molar-refractivity contribution in [2.45, 2.75) is 76.8 Å². The fourth-order valence-electron chi connectivity index (χ4n) is 6.36. The molecule has 208 valence electrons. The van der Waals surface area contributed by atoms with Gasteiger partial charge in [-0.3, -0.25) is 5.32 Å². The predicted molar refractivity (Wildman–Crippen MR) is 158 cm³/mol. The van der Waals surface area contributed by atoms with Gasteiger partial charge in [-0.2, -0.15) is 0 Å². The molecule has 40 heavy (non-hydrogen) atoms. The SMILES string of the molecule is CC1(C)COC(Cn2c(-c3ccc(OCc4ccccc4)cc3)c(C3CCCCC3)c3ccc(C(=O)O)cc32)N1. The highest BCUT2D eigenvalue weighted by Gasteiger charge is 2.33. The van der Waals surface area contributed by atoms with Gasteiger partial charge in [-0.15, -0.1) is 0 Å². The Balaban J connectivity index is 1.44. The van der Waals surface area contributed by atoms with Crippen LogP contribution in [0.5, 0.6) is 5.75 Å². The topological polar surface area (TPSA) is 72.7 Å². The number of carboxylic acids is 1. The smallest absolute Gasteiger partial charge is 0.335 e. The molecule has 1 saturated heterocycles. The molecule has 1 aromatic heterocycles. The Bertz CT molecular complexity index is 1480. The zero-order valence-corrected chi connectivity index (χ0v) is 23.4. The molecule has 2 aliphatic rings. The van der Waals surface area contributed by atoms with Crippen LogP contribution in [0.4, 0.5) is 0 Å². The molecule has 2 fully saturated rings. The zero-order valence-electron chi connectivity index (χ0n) is 23.4. The molecule has 0 bridgehead atoms. The van der Waals surface area contributed by atoms with Gasteiger partial charge in [-0.1, -0.05) is 55.7 Å². The fraction of sp³-hybridized carbons (Fsp3) is 0.382. The largest absolute Gasteiger partial charge is 0.489 e. The number of carboxylic acid groups (broad SMARTS) is 1. The maximum absolute atomic E-state index is 12.0. The number of aromatic carboxylic acids is 1. The molecule has 1 unspecified atom stereocenters. The third-order valence-electron chi connectivity index (χ3n) is 8.29. The van der Waals surface area contributed by atoms with E-state index in [4.69, 9.17) is 9.47 Å². The van der Waals surface area contributed by atoms with Crippen molar-refractivity contribution in [3.63, 3.8) is 0 Å². The van der Waals surface area contributed by atoms with E-state index in [2.05, 4.69) is 48.0 Å². The number of benzene rings is 3. The van der Waals surface area contributed by atoms with Gasteiger partial charge in [-0.25, -0.2) is 4.79 Å². The molecule has 0 radical (unpaired) electrons. The first kappa shape index (κ1) is 26.6. The number of rotatable bonds is 8. The van der Waals surface area contributed by atoms with Gasteiger partial charge >= 0.3 is 5.97 Å². The van der Waals surface area contributed by atoms with E-state index in [1.165, 1.54) is 24.8 Å². The molecular weight excluding hydrogens is 500 g/mol. The number of hydrogen-bond acceptors (Lipinski definition) is 4. The molecule has 1 aliphatic heterocycles. The van der Waals surface area contributed by atoms with Gasteiger partial charge < -0.3 is 19.1 Å². The van der Waals surface area contributed by atoms with Crippen molar-refractivity contribution in [1.82, 2.24) is 9.88 Å². The van der Waals surface area contributed by atoms with Gasteiger partial charge in [0.25, 0.3) is 0 Å². The lowest BCUT2D eigenvalue weighted by molar-refractivity contribution is 0.0697. The maximum atomic E-state index is 12.0. The van der Waals surface area contributed by atoms with Gasteiger partial charge in [0.05, 0.1) is 24.4 Å². The van der Waals surface area contributed by atoms with Crippen LogP contribution in [0.15, 0.2) is 72.8 Å². The summed E-state index contributed by atoms with van der Waals surface area (Å²) in [5.41, 5.74) is 5.89. The highest BCUT2D eigenvalue weighted by molar-refractivity contribution is 5.98. The molecule has 1 atom stereocenters. The van der Waals surface area contributed by atoms with E-state index in [1.807, 2.05) is 42.5 Å². The van der Waals surface area contributed by atoms with E-state index in [-0.39, 0.29) is 11.8 Å². The van der Waals surface area contributed by atoms with Crippen molar-refractivity contribution >= 4 is 16.9 Å². The monoisotopic (exact) mass is 538 g/mol. The first-order valence-electron chi connectivity index (χ1n) is 14.4. The molecular formula is C34H38N2O4. The number of aromatic nitrogens is 1. The Morgan fingerprint density at radius 3 is 2.45 bits per heavy atom. The number of hydrogen-bond donors (Lipinski definition) is 2. The fourth-order valence-corrected chi connectivity index (χ4v) is 6.36. The van der Waals surface area contributed by atoms with Gasteiger partial charge in [0.1, 0.15) is 18.6 Å². The second kappa shape index (κ2) is 11.1. The maximum Gasteiger partial charge on any atom is 0.335 e. The van der Waals surface area contributed by atoms with Crippen molar-refractivity contribution in [1.29, 1.82) is 0 Å². The first-order valence-corrected chi connectivity index (χ1v) is 14.4. The Morgan fingerprint density at radius 2 is 1.77 bits per heavy atom. The zero-order chi connectivity index (χ0) is 27.7. The average molecular weight is 539 g/mol. The number of nitrogens with zero attached hydrogens (tertiary/aromatic N) is 1. The van der Waals surface area contributed by atoms with Crippen molar-refractivity contribution in [3.05, 3.63) is 89.5 Å². The van der Waals surface area contributed by atoms with Crippen molar-refractivity contribution < 1.29 is 19.4 Å². The Hall–Kier alpha value is -3.61. The third-order valence-corrected chi connectivity index (χ3v) is 8.29. The summed E-state index contributed by atoms with van der Waals surface area (Å²) < 4.78 is 14.6. The molecule has 6 heteroatoms. The van der Waals surface area contributed by atoms with Crippen LogP contribution >= 0.6 is 0 Å². The normalized spacial score (nSPS) is 19.2. The minimum Gasteiger partial charge on any atom is -0.489 e. The van der Waals surface area contributed by atoms with E-state index < -0.39 is 5.97 Å². The highest BCUT2D eigenvalue weighted by Crippen LogP contribution is 2.45. The number of ether oxygens (including phenoxy) is 2. The number of nitrogens with one attached hydrogen (secondary N) is 1. The molecule has 6 rings (SSSR count). The lowest BCUT2D eigenvalue weighted by atomic mass is 9.81. The van der Waals surface area contributed by atoms with Crippen LogP contribution in [0.1, 0.15) is 73.4 Å². The van der Waals surface area contributed by atoms with Crippen LogP contribution in [-0.2, 0) is 17.9 Å². The van der Waals surface area contributed by atoms with Crippen LogP contribution < -0.4 is 10.1 Å². The Morgan fingerprint density at radius 1 is 1.02 bits per heavy atom. The highest BCUT2D eigenvalue weighted by atomic mass is 16.5. The van der Waals surface area contributed by atoms with E-state index in [9.17, 15) is 9.90 Å². The summed E-state index contributed by atoms with van der Waals surface area (Å²) >= 11 is 0. The van der Waals surface area contributed by atoms with Gasteiger partial charge in [-0.05, 0) is 85.7 Å². The summed E-state index contributed by atoms with van der Waals surface area (Å²) in [7, 11) is 0. The van der Waals surface area contributed by atoms with Crippen LogP contribution in [0, 0.1) is 0 Å².